The fourth-order valence-electron chi connectivity index (χ4n) is 3.12. The smallest absolute Gasteiger partial charge is 0.230 e. The molecule has 0 aliphatic heterocycles. The molecule has 27 heavy (non-hydrogen) atoms. The van der Waals surface area contributed by atoms with Gasteiger partial charge in [0.2, 0.25) is 5.88 Å². The van der Waals surface area contributed by atoms with Gasteiger partial charge in [0.05, 0.1) is 16.5 Å². The highest BCUT2D eigenvalue weighted by Crippen LogP contribution is 2.34. The molecule has 0 bridgehead atoms. The second-order valence-corrected chi connectivity index (χ2v) is 6.69. The number of rotatable bonds is 3. The van der Waals surface area contributed by atoms with Crippen molar-refractivity contribution < 1.29 is 9.84 Å². The fourth-order valence-corrected chi connectivity index (χ4v) is 3.12. The van der Waals surface area contributed by atoms with Gasteiger partial charge < -0.3 is 9.84 Å². The highest BCUT2D eigenvalue weighted by molar-refractivity contribution is 5.86. The summed E-state index contributed by atoms with van der Waals surface area (Å²) in [5, 5.41) is 11.0. The quantitative estimate of drug-likeness (QED) is 0.510. The summed E-state index contributed by atoms with van der Waals surface area (Å²) in [7, 11) is 0. The summed E-state index contributed by atoms with van der Waals surface area (Å²) < 4.78 is 6.25. The molecule has 1 heterocycles. The molecule has 0 radical (unpaired) electrons. The van der Waals surface area contributed by atoms with Crippen LogP contribution in [0.3, 0.4) is 0 Å². The highest BCUT2D eigenvalue weighted by Gasteiger charge is 2.15. The SMILES string of the molecule is Cc1cc(C)c(C)c(Oc2nc(-c3ccccc3O)nc3ccccc23)c1. The van der Waals surface area contributed by atoms with Gasteiger partial charge in [0.25, 0.3) is 0 Å². The maximum absolute atomic E-state index is 10.2. The Morgan fingerprint density at radius 3 is 2.41 bits per heavy atom. The van der Waals surface area contributed by atoms with E-state index in [2.05, 4.69) is 23.0 Å². The second-order valence-electron chi connectivity index (χ2n) is 6.69. The summed E-state index contributed by atoms with van der Waals surface area (Å²) in [6.45, 7) is 6.16. The average molecular weight is 356 g/mol. The molecule has 0 aliphatic carbocycles. The van der Waals surface area contributed by atoms with E-state index in [1.54, 1.807) is 18.2 Å². The third-order valence-electron chi connectivity index (χ3n) is 4.68. The van der Waals surface area contributed by atoms with E-state index in [0.717, 1.165) is 27.8 Å². The number of hydrogen-bond donors (Lipinski definition) is 1. The van der Waals surface area contributed by atoms with Gasteiger partial charge in [-0.05, 0) is 67.8 Å². The van der Waals surface area contributed by atoms with Gasteiger partial charge in [-0.2, -0.15) is 4.98 Å². The van der Waals surface area contributed by atoms with Crippen LogP contribution < -0.4 is 4.74 Å². The van der Waals surface area contributed by atoms with E-state index in [-0.39, 0.29) is 5.75 Å². The first-order chi connectivity index (χ1) is 13.0. The lowest BCUT2D eigenvalue weighted by Gasteiger charge is -2.14. The molecule has 4 heteroatoms. The van der Waals surface area contributed by atoms with Crippen LogP contribution in [-0.4, -0.2) is 15.1 Å². The van der Waals surface area contributed by atoms with Gasteiger partial charge in [0.15, 0.2) is 5.82 Å². The van der Waals surface area contributed by atoms with Gasteiger partial charge in [-0.25, -0.2) is 4.98 Å². The van der Waals surface area contributed by atoms with Crippen molar-refractivity contribution in [3.63, 3.8) is 0 Å². The number of para-hydroxylation sites is 2. The van der Waals surface area contributed by atoms with Crippen molar-refractivity contribution in [2.45, 2.75) is 20.8 Å². The van der Waals surface area contributed by atoms with E-state index in [4.69, 9.17) is 4.74 Å². The summed E-state index contributed by atoms with van der Waals surface area (Å²) in [6.07, 6.45) is 0. The minimum atomic E-state index is 0.140. The van der Waals surface area contributed by atoms with Crippen molar-refractivity contribution >= 4 is 10.9 Å². The molecule has 4 aromatic rings. The minimum Gasteiger partial charge on any atom is -0.507 e. The third kappa shape index (κ3) is 3.22. The monoisotopic (exact) mass is 356 g/mol. The lowest BCUT2D eigenvalue weighted by Crippen LogP contribution is -1.98. The number of benzene rings is 3. The Labute approximate surface area is 158 Å². The number of hydrogen-bond acceptors (Lipinski definition) is 4. The van der Waals surface area contributed by atoms with E-state index >= 15 is 0 Å². The van der Waals surface area contributed by atoms with E-state index in [1.807, 2.05) is 50.2 Å². The summed E-state index contributed by atoms with van der Waals surface area (Å²) in [6, 6.07) is 18.9. The van der Waals surface area contributed by atoms with Crippen LogP contribution in [0.1, 0.15) is 16.7 Å². The summed E-state index contributed by atoms with van der Waals surface area (Å²) in [5.74, 6) is 1.83. The summed E-state index contributed by atoms with van der Waals surface area (Å²) in [4.78, 5) is 9.25. The van der Waals surface area contributed by atoms with E-state index in [1.165, 1.54) is 5.56 Å². The number of aromatic nitrogens is 2. The molecule has 1 N–H and O–H groups in total. The molecule has 134 valence electrons. The number of phenols is 1. The standard InChI is InChI=1S/C23H20N2O2/c1-14-12-15(2)16(3)21(13-14)27-23-17-8-4-6-10-19(17)24-22(25-23)18-9-5-7-11-20(18)26/h4-13,26H,1-3H3. The zero-order chi connectivity index (χ0) is 19.0. The first kappa shape index (κ1) is 17.0. The largest absolute Gasteiger partial charge is 0.507 e. The van der Waals surface area contributed by atoms with Crippen molar-refractivity contribution in [3.8, 4) is 28.8 Å². The molecule has 0 fully saturated rings. The van der Waals surface area contributed by atoms with Crippen molar-refractivity contribution in [2.75, 3.05) is 0 Å². The molecular weight excluding hydrogens is 336 g/mol. The zero-order valence-corrected chi connectivity index (χ0v) is 15.5. The fraction of sp³-hybridized carbons (Fsp3) is 0.130. The van der Waals surface area contributed by atoms with Crippen molar-refractivity contribution in [1.29, 1.82) is 0 Å². The first-order valence-electron chi connectivity index (χ1n) is 8.84. The van der Waals surface area contributed by atoms with Crippen LogP contribution in [0.5, 0.6) is 17.4 Å². The van der Waals surface area contributed by atoms with Gasteiger partial charge >= 0.3 is 0 Å². The Morgan fingerprint density at radius 2 is 1.59 bits per heavy atom. The molecule has 4 rings (SSSR count). The molecule has 0 atom stereocenters. The zero-order valence-electron chi connectivity index (χ0n) is 15.5. The predicted octanol–water partition coefficient (Wildman–Crippen LogP) is 5.72. The Kier molecular flexibility index (Phi) is 4.24. The van der Waals surface area contributed by atoms with Crippen LogP contribution in [-0.2, 0) is 0 Å². The predicted molar refractivity (Wildman–Crippen MR) is 107 cm³/mol. The van der Waals surface area contributed by atoms with Crippen LogP contribution in [0.25, 0.3) is 22.3 Å². The van der Waals surface area contributed by atoms with Crippen LogP contribution >= 0.6 is 0 Å². The van der Waals surface area contributed by atoms with Gasteiger partial charge in [0, 0.05) is 0 Å². The van der Waals surface area contributed by atoms with Crippen molar-refractivity contribution in [1.82, 2.24) is 9.97 Å². The van der Waals surface area contributed by atoms with Gasteiger partial charge in [-0.1, -0.05) is 30.3 Å². The maximum Gasteiger partial charge on any atom is 0.230 e. The molecule has 0 amide bonds. The minimum absolute atomic E-state index is 0.140. The molecule has 0 saturated carbocycles. The molecule has 0 saturated heterocycles. The Morgan fingerprint density at radius 1 is 0.852 bits per heavy atom. The summed E-state index contributed by atoms with van der Waals surface area (Å²) in [5.41, 5.74) is 4.72. The van der Waals surface area contributed by atoms with Crippen molar-refractivity contribution in [3.05, 3.63) is 77.4 Å². The van der Waals surface area contributed by atoms with Gasteiger partial charge in [-0.3, -0.25) is 0 Å². The Balaban J connectivity index is 1.91. The molecule has 4 nitrogen and oxygen atoms in total. The molecule has 3 aromatic carbocycles. The number of ether oxygens (including phenoxy) is 1. The second kappa shape index (κ2) is 6.72. The van der Waals surface area contributed by atoms with Crippen LogP contribution in [0.4, 0.5) is 0 Å². The number of phenolic OH excluding ortho intramolecular Hbond substituents is 1. The first-order valence-corrected chi connectivity index (χ1v) is 8.84. The molecule has 0 spiro atoms. The lowest BCUT2D eigenvalue weighted by atomic mass is 10.1. The number of fused-ring (bicyclic) bond motifs is 1. The summed E-state index contributed by atoms with van der Waals surface area (Å²) >= 11 is 0. The van der Waals surface area contributed by atoms with E-state index < -0.39 is 0 Å². The van der Waals surface area contributed by atoms with Crippen LogP contribution in [0.2, 0.25) is 0 Å². The molecule has 1 aromatic heterocycles. The Hall–Kier alpha value is -3.40. The Bertz CT molecular complexity index is 1150. The van der Waals surface area contributed by atoms with Crippen LogP contribution in [0.15, 0.2) is 60.7 Å². The van der Waals surface area contributed by atoms with Gasteiger partial charge in [0.1, 0.15) is 11.5 Å². The number of aryl methyl sites for hydroxylation is 2. The number of aromatic hydroxyl groups is 1. The topological polar surface area (TPSA) is 55.2 Å². The lowest BCUT2D eigenvalue weighted by molar-refractivity contribution is 0.463. The van der Waals surface area contributed by atoms with Crippen LogP contribution in [0, 0.1) is 20.8 Å². The molecule has 0 aliphatic rings. The van der Waals surface area contributed by atoms with Crippen molar-refractivity contribution in [2.24, 2.45) is 0 Å². The molecule has 0 unspecified atom stereocenters. The number of nitrogens with zero attached hydrogens (tertiary/aromatic N) is 2. The third-order valence-corrected chi connectivity index (χ3v) is 4.68. The van der Waals surface area contributed by atoms with Gasteiger partial charge in [-0.15, -0.1) is 0 Å². The molecular formula is C23H20N2O2. The highest BCUT2D eigenvalue weighted by atomic mass is 16.5. The van der Waals surface area contributed by atoms with E-state index in [9.17, 15) is 5.11 Å². The van der Waals surface area contributed by atoms with E-state index in [0.29, 0.717) is 17.3 Å². The normalized spacial score (nSPS) is 10.9. The average Bonchev–Trinajstić information content (AvgIpc) is 2.66. The maximum atomic E-state index is 10.2.